The van der Waals surface area contributed by atoms with Crippen LogP contribution in [0.15, 0.2) is 40.8 Å². The Bertz CT molecular complexity index is 780. The van der Waals surface area contributed by atoms with Crippen LogP contribution in [0, 0.1) is 0 Å². The number of rotatable bonds is 6. The van der Waals surface area contributed by atoms with Crippen LogP contribution in [-0.2, 0) is 0 Å². The van der Waals surface area contributed by atoms with Crippen molar-refractivity contribution < 1.29 is 0 Å². The Kier molecular flexibility index (Phi) is 5.63. The van der Waals surface area contributed by atoms with Gasteiger partial charge in [0, 0.05) is 30.9 Å². The molecule has 5 heteroatoms. The SMILES string of the molecule is CC/C(N)=C\C[C@@H](CC)N1CCC(n2c(=O)[nH]c3ccccc32)CC1. The third kappa shape index (κ3) is 3.82. The number of fused-ring (bicyclic) bond motifs is 1. The molecule has 1 aliphatic rings. The predicted molar refractivity (Wildman–Crippen MR) is 104 cm³/mol. The second-order valence-corrected chi connectivity index (χ2v) is 7.01. The van der Waals surface area contributed by atoms with Crippen molar-refractivity contribution in [3.05, 3.63) is 46.5 Å². The van der Waals surface area contributed by atoms with E-state index in [1.807, 2.05) is 28.8 Å². The van der Waals surface area contributed by atoms with E-state index in [-0.39, 0.29) is 11.7 Å². The van der Waals surface area contributed by atoms with Crippen molar-refractivity contribution in [2.75, 3.05) is 13.1 Å². The number of para-hydroxylation sites is 2. The minimum absolute atomic E-state index is 0.0188. The third-order valence-electron chi connectivity index (χ3n) is 5.54. The normalized spacial score (nSPS) is 18.7. The van der Waals surface area contributed by atoms with E-state index >= 15 is 0 Å². The van der Waals surface area contributed by atoms with E-state index in [0.29, 0.717) is 6.04 Å². The molecule has 1 saturated heterocycles. The van der Waals surface area contributed by atoms with Crippen molar-refractivity contribution in [3.63, 3.8) is 0 Å². The summed E-state index contributed by atoms with van der Waals surface area (Å²) in [5.74, 6) is 0. The van der Waals surface area contributed by atoms with Crippen LogP contribution in [0.3, 0.4) is 0 Å². The lowest BCUT2D eigenvalue weighted by Crippen LogP contribution is -2.42. The number of aromatic nitrogens is 2. The summed E-state index contributed by atoms with van der Waals surface area (Å²) in [7, 11) is 0. The summed E-state index contributed by atoms with van der Waals surface area (Å²) in [6, 6.07) is 8.80. The van der Waals surface area contributed by atoms with E-state index < -0.39 is 0 Å². The molecule has 0 saturated carbocycles. The Morgan fingerprint density at radius 3 is 2.72 bits per heavy atom. The van der Waals surface area contributed by atoms with Gasteiger partial charge in [-0.25, -0.2) is 4.79 Å². The van der Waals surface area contributed by atoms with Crippen LogP contribution in [0.4, 0.5) is 0 Å². The first-order chi connectivity index (χ1) is 12.1. The van der Waals surface area contributed by atoms with Crippen LogP contribution >= 0.6 is 0 Å². The number of hydrogen-bond donors (Lipinski definition) is 2. The zero-order valence-corrected chi connectivity index (χ0v) is 15.4. The van der Waals surface area contributed by atoms with Gasteiger partial charge >= 0.3 is 5.69 Å². The Morgan fingerprint density at radius 2 is 2.04 bits per heavy atom. The largest absolute Gasteiger partial charge is 0.402 e. The van der Waals surface area contributed by atoms with Crippen molar-refractivity contribution in [3.8, 4) is 0 Å². The number of allylic oxidation sites excluding steroid dienone is 1. The highest BCUT2D eigenvalue weighted by Crippen LogP contribution is 2.27. The number of nitrogens with zero attached hydrogens (tertiary/aromatic N) is 2. The number of nitrogens with one attached hydrogen (secondary N) is 1. The van der Waals surface area contributed by atoms with Crippen LogP contribution in [0.25, 0.3) is 11.0 Å². The van der Waals surface area contributed by atoms with Gasteiger partial charge in [0.25, 0.3) is 0 Å². The van der Waals surface area contributed by atoms with Gasteiger partial charge in [0.2, 0.25) is 0 Å². The fourth-order valence-electron chi connectivity index (χ4n) is 3.95. The maximum absolute atomic E-state index is 12.4. The Labute approximate surface area is 149 Å². The first kappa shape index (κ1) is 17.8. The van der Waals surface area contributed by atoms with Gasteiger partial charge in [-0.15, -0.1) is 0 Å². The molecule has 25 heavy (non-hydrogen) atoms. The molecule has 0 radical (unpaired) electrons. The molecule has 1 fully saturated rings. The van der Waals surface area contributed by atoms with Crippen LogP contribution in [0.2, 0.25) is 0 Å². The second kappa shape index (κ2) is 7.91. The number of likely N-dealkylation sites (tertiary alicyclic amines) is 1. The highest BCUT2D eigenvalue weighted by Gasteiger charge is 2.26. The van der Waals surface area contributed by atoms with Gasteiger partial charge in [0.15, 0.2) is 0 Å². The maximum atomic E-state index is 12.4. The minimum atomic E-state index is 0.0188. The van der Waals surface area contributed by atoms with Crippen molar-refractivity contribution in [2.24, 2.45) is 5.73 Å². The third-order valence-corrected chi connectivity index (χ3v) is 5.54. The maximum Gasteiger partial charge on any atom is 0.326 e. The molecule has 5 nitrogen and oxygen atoms in total. The summed E-state index contributed by atoms with van der Waals surface area (Å²) in [5.41, 5.74) is 8.92. The van der Waals surface area contributed by atoms with E-state index in [4.69, 9.17) is 5.73 Å². The van der Waals surface area contributed by atoms with E-state index in [1.54, 1.807) is 0 Å². The van der Waals surface area contributed by atoms with Gasteiger partial charge in [0.05, 0.1) is 11.0 Å². The van der Waals surface area contributed by atoms with Gasteiger partial charge in [0.1, 0.15) is 0 Å². The zero-order valence-electron chi connectivity index (χ0n) is 15.4. The summed E-state index contributed by atoms with van der Waals surface area (Å²) >= 11 is 0. The van der Waals surface area contributed by atoms with E-state index in [2.05, 4.69) is 29.8 Å². The number of imidazole rings is 1. The smallest absolute Gasteiger partial charge is 0.326 e. The predicted octanol–water partition coefficient (Wildman–Crippen LogP) is 3.39. The molecule has 2 aromatic rings. The van der Waals surface area contributed by atoms with Crippen molar-refractivity contribution >= 4 is 11.0 Å². The van der Waals surface area contributed by atoms with E-state index in [9.17, 15) is 4.79 Å². The molecule has 0 amide bonds. The Balaban J connectivity index is 1.68. The number of H-pyrrole nitrogens is 1. The summed E-state index contributed by atoms with van der Waals surface area (Å²) < 4.78 is 1.96. The van der Waals surface area contributed by atoms with Gasteiger partial charge in [-0.3, -0.25) is 9.47 Å². The molecular formula is C20H30N4O. The number of nitrogens with two attached hydrogens (primary N) is 1. The molecule has 0 aliphatic carbocycles. The standard InChI is InChI=1S/C20H30N4O/c1-3-15(21)9-10-16(4-2)23-13-11-17(12-14-23)24-19-8-6-5-7-18(19)22-20(24)25/h5-9,16-17H,3-4,10-14,21H2,1-2H3,(H,22,25)/b15-9+/t16-/m1/s1. The fourth-order valence-corrected chi connectivity index (χ4v) is 3.95. The summed E-state index contributed by atoms with van der Waals surface area (Å²) in [6.07, 6.45) is 7.29. The Morgan fingerprint density at radius 1 is 1.32 bits per heavy atom. The molecule has 1 atom stereocenters. The molecule has 2 heterocycles. The molecule has 0 bridgehead atoms. The number of benzene rings is 1. The van der Waals surface area contributed by atoms with Crippen LogP contribution in [0.5, 0.6) is 0 Å². The van der Waals surface area contributed by atoms with Gasteiger partial charge < -0.3 is 10.7 Å². The lowest BCUT2D eigenvalue weighted by Gasteiger charge is -2.37. The monoisotopic (exact) mass is 342 g/mol. The van der Waals surface area contributed by atoms with Gasteiger partial charge in [-0.05, 0) is 44.2 Å². The molecule has 1 aromatic heterocycles. The average Bonchev–Trinajstić information content (AvgIpc) is 2.98. The van der Waals surface area contributed by atoms with Crippen LogP contribution in [-0.4, -0.2) is 33.6 Å². The number of hydrogen-bond acceptors (Lipinski definition) is 3. The fraction of sp³-hybridized carbons (Fsp3) is 0.550. The molecule has 3 rings (SSSR count). The first-order valence-corrected chi connectivity index (χ1v) is 9.51. The highest BCUT2D eigenvalue weighted by atomic mass is 16.1. The minimum Gasteiger partial charge on any atom is -0.402 e. The summed E-state index contributed by atoms with van der Waals surface area (Å²) in [4.78, 5) is 17.9. The van der Waals surface area contributed by atoms with Crippen molar-refractivity contribution in [1.82, 2.24) is 14.5 Å². The van der Waals surface area contributed by atoms with Crippen molar-refractivity contribution in [1.29, 1.82) is 0 Å². The lowest BCUT2D eigenvalue weighted by atomic mass is 10.00. The molecule has 0 unspecified atom stereocenters. The topological polar surface area (TPSA) is 67.0 Å². The van der Waals surface area contributed by atoms with Gasteiger partial charge in [-0.2, -0.15) is 0 Å². The summed E-state index contributed by atoms with van der Waals surface area (Å²) in [6.45, 7) is 6.41. The highest BCUT2D eigenvalue weighted by molar-refractivity contribution is 5.75. The molecule has 3 N–H and O–H groups in total. The second-order valence-electron chi connectivity index (χ2n) is 7.01. The van der Waals surface area contributed by atoms with E-state index in [1.165, 1.54) is 0 Å². The number of piperidine rings is 1. The first-order valence-electron chi connectivity index (χ1n) is 9.51. The summed E-state index contributed by atoms with van der Waals surface area (Å²) in [5, 5.41) is 0. The molecule has 1 aromatic carbocycles. The van der Waals surface area contributed by atoms with Crippen LogP contribution in [0.1, 0.15) is 52.0 Å². The van der Waals surface area contributed by atoms with Crippen LogP contribution < -0.4 is 11.4 Å². The molecule has 0 spiro atoms. The Hall–Kier alpha value is -2.01. The average molecular weight is 342 g/mol. The molecule has 1 aliphatic heterocycles. The quantitative estimate of drug-likeness (QED) is 0.845. The number of aromatic amines is 1. The molecular weight excluding hydrogens is 312 g/mol. The van der Waals surface area contributed by atoms with E-state index in [0.717, 1.165) is 61.9 Å². The lowest BCUT2D eigenvalue weighted by molar-refractivity contribution is 0.132. The molecule has 136 valence electrons. The van der Waals surface area contributed by atoms with Gasteiger partial charge in [-0.1, -0.05) is 32.1 Å². The van der Waals surface area contributed by atoms with Crippen molar-refractivity contribution in [2.45, 2.75) is 58.0 Å². The zero-order chi connectivity index (χ0) is 17.8.